The van der Waals surface area contributed by atoms with Gasteiger partial charge in [-0.3, -0.25) is 4.90 Å². The fourth-order valence-electron chi connectivity index (χ4n) is 4.24. The van der Waals surface area contributed by atoms with Gasteiger partial charge in [0.15, 0.2) is 0 Å². The standard InChI is InChI=1S/C21H30ClN3O3/c1-28-20(26)19(17-9-5-6-10-18(17)22)25-13-11-16(12-14-25)24-21(27)23-15-7-3-2-4-8-15/h5-6,9-10,15-16,19H,2-4,7-8,11-14H2,1H3,(H2,23,24,27). The first-order chi connectivity index (χ1) is 13.6. The molecule has 1 aromatic carbocycles. The molecule has 6 nitrogen and oxygen atoms in total. The predicted octanol–water partition coefficient (Wildman–Crippen LogP) is 3.65. The van der Waals surface area contributed by atoms with Crippen molar-refractivity contribution in [3.8, 4) is 0 Å². The second kappa shape index (κ2) is 10.1. The number of nitrogens with zero attached hydrogens (tertiary/aromatic N) is 1. The zero-order valence-corrected chi connectivity index (χ0v) is 17.2. The number of methoxy groups -OCH3 is 1. The van der Waals surface area contributed by atoms with Crippen molar-refractivity contribution in [2.45, 2.75) is 63.1 Å². The van der Waals surface area contributed by atoms with Crippen molar-refractivity contribution < 1.29 is 14.3 Å². The number of piperidine rings is 1. The summed E-state index contributed by atoms with van der Waals surface area (Å²) >= 11 is 6.33. The number of carbonyl (C=O) groups is 2. The minimum atomic E-state index is -0.518. The minimum Gasteiger partial charge on any atom is -0.468 e. The maximum atomic E-state index is 12.4. The molecule has 0 spiro atoms. The van der Waals surface area contributed by atoms with E-state index in [0.29, 0.717) is 24.2 Å². The molecule has 3 rings (SSSR count). The first-order valence-corrected chi connectivity index (χ1v) is 10.6. The topological polar surface area (TPSA) is 70.7 Å². The number of nitrogens with one attached hydrogen (secondary N) is 2. The van der Waals surface area contributed by atoms with Crippen molar-refractivity contribution in [1.82, 2.24) is 15.5 Å². The molecule has 0 bridgehead atoms. The first-order valence-electron chi connectivity index (χ1n) is 10.2. The Morgan fingerprint density at radius 3 is 2.25 bits per heavy atom. The Morgan fingerprint density at radius 1 is 1.04 bits per heavy atom. The second-order valence-corrected chi connectivity index (χ2v) is 8.12. The third-order valence-electron chi connectivity index (χ3n) is 5.79. The molecule has 2 aliphatic rings. The zero-order valence-electron chi connectivity index (χ0n) is 16.5. The molecule has 2 N–H and O–H groups in total. The number of benzene rings is 1. The second-order valence-electron chi connectivity index (χ2n) is 7.71. The van der Waals surface area contributed by atoms with Gasteiger partial charge in [-0.2, -0.15) is 0 Å². The largest absolute Gasteiger partial charge is 0.468 e. The van der Waals surface area contributed by atoms with Gasteiger partial charge < -0.3 is 15.4 Å². The molecule has 1 aromatic rings. The first kappa shape index (κ1) is 20.9. The maximum absolute atomic E-state index is 12.4. The van der Waals surface area contributed by atoms with Gasteiger partial charge in [0.1, 0.15) is 6.04 Å². The van der Waals surface area contributed by atoms with Crippen LogP contribution >= 0.6 is 11.6 Å². The molecule has 1 atom stereocenters. The summed E-state index contributed by atoms with van der Waals surface area (Å²) in [5.74, 6) is -0.311. The lowest BCUT2D eigenvalue weighted by Gasteiger charge is -2.37. The van der Waals surface area contributed by atoms with Gasteiger partial charge in [0.2, 0.25) is 0 Å². The average Bonchev–Trinajstić information content (AvgIpc) is 2.71. The number of esters is 1. The van der Waals surface area contributed by atoms with E-state index in [0.717, 1.165) is 31.2 Å². The molecule has 1 aliphatic heterocycles. The molecular weight excluding hydrogens is 378 g/mol. The van der Waals surface area contributed by atoms with Gasteiger partial charge >= 0.3 is 12.0 Å². The van der Waals surface area contributed by atoms with E-state index in [1.807, 2.05) is 18.2 Å². The zero-order chi connectivity index (χ0) is 19.9. The van der Waals surface area contributed by atoms with E-state index in [-0.39, 0.29) is 18.0 Å². The van der Waals surface area contributed by atoms with Crippen LogP contribution in [0.25, 0.3) is 0 Å². The summed E-state index contributed by atoms with van der Waals surface area (Å²) in [5.41, 5.74) is 0.762. The molecule has 0 aromatic heterocycles. The van der Waals surface area contributed by atoms with Crippen LogP contribution in [0.3, 0.4) is 0 Å². The summed E-state index contributed by atoms with van der Waals surface area (Å²) < 4.78 is 5.03. The number of halogens is 1. The van der Waals surface area contributed by atoms with Crippen LogP contribution in [0.1, 0.15) is 56.6 Å². The van der Waals surface area contributed by atoms with Crippen LogP contribution in [0.5, 0.6) is 0 Å². The number of hydrogen-bond donors (Lipinski definition) is 2. The van der Waals surface area contributed by atoms with E-state index in [9.17, 15) is 9.59 Å². The summed E-state index contributed by atoms with van der Waals surface area (Å²) in [6, 6.07) is 7.21. The molecule has 0 radical (unpaired) electrons. The van der Waals surface area contributed by atoms with Crippen LogP contribution < -0.4 is 10.6 Å². The van der Waals surface area contributed by atoms with Gasteiger partial charge in [-0.15, -0.1) is 0 Å². The van der Waals surface area contributed by atoms with Crippen LogP contribution in [0.4, 0.5) is 4.79 Å². The lowest BCUT2D eigenvalue weighted by molar-refractivity contribution is -0.147. The highest BCUT2D eigenvalue weighted by molar-refractivity contribution is 6.31. The van der Waals surface area contributed by atoms with Gasteiger partial charge in [-0.05, 0) is 37.3 Å². The summed E-state index contributed by atoms with van der Waals surface area (Å²) in [7, 11) is 1.40. The SMILES string of the molecule is COC(=O)C(c1ccccc1Cl)N1CCC(NC(=O)NC2CCCCC2)CC1. The quantitative estimate of drug-likeness (QED) is 0.731. The molecule has 28 heavy (non-hydrogen) atoms. The molecule has 154 valence electrons. The highest BCUT2D eigenvalue weighted by Gasteiger charge is 2.33. The summed E-state index contributed by atoms with van der Waals surface area (Å²) in [4.78, 5) is 26.8. The van der Waals surface area contributed by atoms with Gasteiger partial charge in [-0.25, -0.2) is 9.59 Å². The number of urea groups is 1. The fraction of sp³-hybridized carbons (Fsp3) is 0.619. The third-order valence-corrected chi connectivity index (χ3v) is 6.14. The molecule has 2 fully saturated rings. The number of rotatable bonds is 5. The Labute approximate surface area is 171 Å². The van der Waals surface area contributed by atoms with Crippen LogP contribution in [0.2, 0.25) is 5.02 Å². The van der Waals surface area contributed by atoms with Crippen molar-refractivity contribution in [3.05, 3.63) is 34.9 Å². The normalized spacial score (nSPS) is 20.4. The summed E-state index contributed by atoms with van der Waals surface area (Å²) in [5, 5.41) is 6.77. The van der Waals surface area contributed by atoms with Crippen LogP contribution in [0, 0.1) is 0 Å². The van der Waals surface area contributed by atoms with E-state index in [1.54, 1.807) is 6.07 Å². The number of hydrogen-bond acceptors (Lipinski definition) is 4. The molecule has 7 heteroatoms. The molecule has 2 amide bonds. The lowest BCUT2D eigenvalue weighted by Crippen LogP contribution is -2.51. The van der Waals surface area contributed by atoms with Crippen molar-refractivity contribution in [1.29, 1.82) is 0 Å². The number of likely N-dealkylation sites (tertiary alicyclic amines) is 1. The van der Waals surface area contributed by atoms with Gasteiger partial charge in [0, 0.05) is 30.2 Å². The molecule has 1 saturated carbocycles. The van der Waals surface area contributed by atoms with Crippen molar-refractivity contribution >= 4 is 23.6 Å². The highest BCUT2D eigenvalue weighted by Crippen LogP contribution is 2.30. The van der Waals surface area contributed by atoms with Crippen molar-refractivity contribution in [2.75, 3.05) is 20.2 Å². The van der Waals surface area contributed by atoms with Gasteiger partial charge in [0.05, 0.1) is 7.11 Å². The van der Waals surface area contributed by atoms with E-state index >= 15 is 0 Å². The summed E-state index contributed by atoms with van der Waals surface area (Å²) in [6.45, 7) is 1.39. The monoisotopic (exact) mass is 407 g/mol. The van der Waals surface area contributed by atoms with E-state index < -0.39 is 6.04 Å². The molecule has 1 heterocycles. The molecular formula is C21H30ClN3O3. The Kier molecular flexibility index (Phi) is 7.57. The van der Waals surface area contributed by atoms with Crippen LogP contribution in [-0.2, 0) is 9.53 Å². The van der Waals surface area contributed by atoms with Crippen LogP contribution in [0.15, 0.2) is 24.3 Å². The third kappa shape index (κ3) is 5.39. The van der Waals surface area contributed by atoms with Crippen molar-refractivity contribution in [3.63, 3.8) is 0 Å². The smallest absolute Gasteiger partial charge is 0.327 e. The molecule has 1 aliphatic carbocycles. The Balaban J connectivity index is 1.54. The number of ether oxygens (including phenoxy) is 1. The van der Waals surface area contributed by atoms with Crippen molar-refractivity contribution in [2.24, 2.45) is 0 Å². The molecule has 1 saturated heterocycles. The van der Waals surface area contributed by atoms with E-state index in [2.05, 4.69) is 15.5 Å². The molecule has 1 unspecified atom stereocenters. The Hall–Kier alpha value is -1.79. The summed E-state index contributed by atoms with van der Waals surface area (Å²) in [6.07, 6.45) is 7.38. The van der Waals surface area contributed by atoms with Gasteiger partial charge in [-0.1, -0.05) is 49.1 Å². The maximum Gasteiger partial charge on any atom is 0.327 e. The van der Waals surface area contributed by atoms with Gasteiger partial charge in [0.25, 0.3) is 0 Å². The predicted molar refractivity (Wildman–Crippen MR) is 109 cm³/mol. The Bertz CT molecular complexity index is 671. The van der Waals surface area contributed by atoms with E-state index in [4.69, 9.17) is 16.3 Å². The van der Waals surface area contributed by atoms with E-state index in [1.165, 1.54) is 26.4 Å². The van der Waals surface area contributed by atoms with Crippen LogP contribution in [-0.4, -0.2) is 49.2 Å². The average molecular weight is 408 g/mol. The highest BCUT2D eigenvalue weighted by atomic mass is 35.5. The Morgan fingerprint density at radius 2 is 1.64 bits per heavy atom. The number of carbonyl (C=O) groups excluding carboxylic acids is 2. The number of amides is 2. The lowest BCUT2D eigenvalue weighted by atomic mass is 9.95. The fourth-order valence-corrected chi connectivity index (χ4v) is 4.48. The minimum absolute atomic E-state index is 0.0685.